The van der Waals surface area contributed by atoms with Crippen LogP contribution in [0.15, 0.2) is 16.6 Å². The average molecular weight is 234 g/mol. The van der Waals surface area contributed by atoms with Crippen LogP contribution in [0.5, 0.6) is 5.75 Å². The van der Waals surface area contributed by atoms with E-state index in [1.807, 2.05) is 5.32 Å². The standard InChI is InChI=1S/C7H5BrFNO2/c8-4-1-2-5(9)6(7(4)12)10-3-11/h1-3,12H,(H,10,11). The number of aromatic hydroxyl groups is 1. The van der Waals surface area contributed by atoms with Gasteiger partial charge in [-0.3, -0.25) is 4.79 Å². The quantitative estimate of drug-likeness (QED) is 0.606. The van der Waals surface area contributed by atoms with Gasteiger partial charge in [0, 0.05) is 0 Å². The largest absolute Gasteiger partial charge is 0.505 e. The van der Waals surface area contributed by atoms with E-state index in [-0.39, 0.29) is 11.4 Å². The first-order valence-electron chi connectivity index (χ1n) is 3.04. The molecule has 0 saturated carbocycles. The summed E-state index contributed by atoms with van der Waals surface area (Å²) in [6.45, 7) is 0. The molecule has 1 rings (SSSR count). The molecular weight excluding hydrogens is 229 g/mol. The van der Waals surface area contributed by atoms with Gasteiger partial charge in [-0.25, -0.2) is 4.39 Å². The van der Waals surface area contributed by atoms with E-state index >= 15 is 0 Å². The van der Waals surface area contributed by atoms with Gasteiger partial charge in [-0.15, -0.1) is 0 Å². The number of nitrogens with one attached hydrogen (secondary N) is 1. The van der Waals surface area contributed by atoms with E-state index in [4.69, 9.17) is 0 Å². The number of hydrogen-bond acceptors (Lipinski definition) is 2. The molecule has 64 valence electrons. The predicted octanol–water partition coefficient (Wildman–Crippen LogP) is 1.86. The number of hydrogen-bond donors (Lipinski definition) is 2. The SMILES string of the molecule is O=CNc1c(F)ccc(Br)c1O. The van der Waals surface area contributed by atoms with Gasteiger partial charge in [0.15, 0.2) is 11.6 Å². The molecule has 0 atom stereocenters. The molecule has 2 N–H and O–H groups in total. The van der Waals surface area contributed by atoms with E-state index in [2.05, 4.69) is 15.9 Å². The molecule has 12 heavy (non-hydrogen) atoms. The number of benzene rings is 1. The molecule has 0 radical (unpaired) electrons. The van der Waals surface area contributed by atoms with E-state index in [1.165, 1.54) is 6.07 Å². The number of anilines is 1. The second-order valence-corrected chi connectivity index (χ2v) is 2.87. The number of amides is 1. The van der Waals surface area contributed by atoms with Crippen molar-refractivity contribution in [1.29, 1.82) is 0 Å². The Morgan fingerprint density at radius 2 is 2.25 bits per heavy atom. The maximum Gasteiger partial charge on any atom is 0.211 e. The highest BCUT2D eigenvalue weighted by molar-refractivity contribution is 9.10. The molecule has 0 heterocycles. The van der Waals surface area contributed by atoms with Crippen LogP contribution in [0.25, 0.3) is 0 Å². The van der Waals surface area contributed by atoms with Gasteiger partial charge in [0.25, 0.3) is 0 Å². The van der Waals surface area contributed by atoms with Crippen molar-refractivity contribution < 1.29 is 14.3 Å². The topological polar surface area (TPSA) is 49.3 Å². The highest BCUT2D eigenvalue weighted by Crippen LogP contribution is 2.33. The molecule has 0 spiro atoms. The summed E-state index contributed by atoms with van der Waals surface area (Å²) in [5, 5.41) is 11.3. The molecule has 5 heteroatoms. The zero-order valence-corrected chi connectivity index (χ0v) is 7.43. The van der Waals surface area contributed by atoms with Crippen LogP contribution >= 0.6 is 15.9 Å². The van der Waals surface area contributed by atoms with Crippen LogP contribution < -0.4 is 5.32 Å². The van der Waals surface area contributed by atoms with Crippen LogP contribution in [-0.4, -0.2) is 11.5 Å². The minimum Gasteiger partial charge on any atom is -0.505 e. The van der Waals surface area contributed by atoms with Crippen molar-refractivity contribution in [2.45, 2.75) is 0 Å². The van der Waals surface area contributed by atoms with Crippen molar-refractivity contribution in [1.82, 2.24) is 0 Å². The molecule has 0 aromatic heterocycles. The van der Waals surface area contributed by atoms with Gasteiger partial charge in [0.05, 0.1) is 4.47 Å². The normalized spacial score (nSPS) is 9.50. The maximum absolute atomic E-state index is 12.8. The first kappa shape index (κ1) is 8.99. The number of carbonyl (C=O) groups excluding carboxylic acids is 1. The van der Waals surface area contributed by atoms with Crippen LogP contribution in [0.2, 0.25) is 0 Å². The second-order valence-electron chi connectivity index (χ2n) is 2.02. The van der Waals surface area contributed by atoms with Gasteiger partial charge in [-0.2, -0.15) is 0 Å². The van der Waals surface area contributed by atoms with Gasteiger partial charge in [-0.05, 0) is 28.1 Å². The molecule has 0 aliphatic rings. The first-order chi connectivity index (χ1) is 5.66. The Bertz CT molecular complexity index is 317. The summed E-state index contributed by atoms with van der Waals surface area (Å²) >= 11 is 2.98. The number of rotatable bonds is 2. The fourth-order valence-corrected chi connectivity index (χ4v) is 1.07. The third kappa shape index (κ3) is 1.55. The maximum atomic E-state index is 12.8. The summed E-state index contributed by atoms with van der Waals surface area (Å²) in [7, 11) is 0. The summed E-state index contributed by atoms with van der Waals surface area (Å²) in [4.78, 5) is 9.99. The van der Waals surface area contributed by atoms with Crippen molar-refractivity contribution >= 4 is 28.0 Å². The number of phenolic OH excluding ortho intramolecular Hbond substituents is 1. The highest BCUT2D eigenvalue weighted by Gasteiger charge is 2.09. The minimum absolute atomic E-state index is 0.223. The third-order valence-electron chi connectivity index (χ3n) is 1.28. The van der Waals surface area contributed by atoms with Crippen LogP contribution in [0.3, 0.4) is 0 Å². The van der Waals surface area contributed by atoms with Gasteiger partial charge in [0.1, 0.15) is 5.69 Å². The molecule has 1 amide bonds. The molecule has 1 aromatic rings. The van der Waals surface area contributed by atoms with Gasteiger partial charge in [0.2, 0.25) is 6.41 Å². The molecule has 0 saturated heterocycles. The molecule has 3 nitrogen and oxygen atoms in total. The minimum atomic E-state index is -0.678. The van der Waals surface area contributed by atoms with Crippen molar-refractivity contribution in [3.63, 3.8) is 0 Å². The Kier molecular flexibility index (Phi) is 2.65. The Balaban J connectivity index is 3.22. The zero-order chi connectivity index (χ0) is 9.14. The van der Waals surface area contributed by atoms with Crippen molar-refractivity contribution in [3.05, 3.63) is 22.4 Å². The van der Waals surface area contributed by atoms with Crippen molar-refractivity contribution in [2.24, 2.45) is 0 Å². The second kappa shape index (κ2) is 3.53. The van der Waals surface area contributed by atoms with Gasteiger partial charge < -0.3 is 10.4 Å². The Hall–Kier alpha value is -1.10. The van der Waals surface area contributed by atoms with Gasteiger partial charge in [-0.1, -0.05) is 0 Å². The summed E-state index contributed by atoms with van der Waals surface area (Å²) in [5.41, 5.74) is -0.223. The first-order valence-corrected chi connectivity index (χ1v) is 3.83. The number of halogens is 2. The summed E-state index contributed by atoms with van der Waals surface area (Å²) in [5.74, 6) is -0.995. The lowest BCUT2D eigenvalue weighted by Gasteiger charge is -2.04. The van der Waals surface area contributed by atoms with E-state index in [0.29, 0.717) is 10.9 Å². The number of carbonyl (C=O) groups is 1. The fourth-order valence-electron chi connectivity index (χ4n) is 0.737. The highest BCUT2D eigenvalue weighted by atomic mass is 79.9. The molecule has 0 bridgehead atoms. The lowest BCUT2D eigenvalue weighted by molar-refractivity contribution is -0.105. The predicted molar refractivity (Wildman–Crippen MR) is 45.5 cm³/mol. The van der Waals surface area contributed by atoms with E-state index in [0.717, 1.165) is 6.07 Å². The summed E-state index contributed by atoms with van der Waals surface area (Å²) in [6.07, 6.45) is 0.296. The Morgan fingerprint density at radius 1 is 1.58 bits per heavy atom. The molecule has 0 fully saturated rings. The fraction of sp³-hybridized carbons (Fsp3) is 0. The smallest absolute Gasteiger partial charge is 0.211 e. The van der Waals surface area contributed by atoms with E-state index < -0.39 is 5.82 Å². The van der Waals surface area contributed by atoms with E-state index in [1.54, 1.807) is 0 Å². The molecule has 0 aliphatic heterocycles. The summed E-state index contributed by atoms with van der Waals surface area (Å²) < 4.78 is 13.1. The molecule has 1 aromatic carbocycles. The van der Waals surface area contributed by atoms with Crippen LogP contribution in [0, 0.1) is 5.82 Å². The lowest BCUT2D eigenvalue weighted by Crippen LogP contribution is -1.97. The van der Waals surface area contributed by atoms with Crippen molar-refractivity contribution in [3.8, 4) is 5.75 Å². The Morgan fingerprint density at radius 3 is 2.83 bits per heavy atom. The monoisotopic (exact) mass is 233 g/mol. The zero-order valence-electron chi connectivity index (χ0n) is 5.84. The van der Waals surface area contributed by atoms with E-state index in [9.17, 15) is 14.3 Å². The molecule has 0 unspecified atom stereocenters. The van der Waals surface area contributed by atoms with Gasteiger partial charge >= 0.3 is 0 Å². The summed E-state index contributed by atoms with van der Waals surface area (Å²) in [6, 6.07) is 2.48. The molecule has 0 aliphatic carbocycles. The van der Waals surface area contributed by atoms with Crippen LogP contribution in [0.1, 0.15) is 0 Å². The Labute approximate surface area is 76.3 Å². The third-order valence-corrected chi connectivity index (χ3v) is 1.92. The lowest BCUT2D eigenvalue weighted by atomic mass is 10.3. The molecular formula is C7H5BrFNO2. The van der Waals surface area contributed by atoms with Crippen molar-refractivity contribution in [2.75, 3.05) is 5.32 Å². The number of phenols is 1. The average Bonchev–Trinajstić information content (AvgIpc) is 2.06. The van der Waals surface area contributed by atoms with Crippen LogP contribution in [-0.2, 0) is 4.79 Å². The van der Waals surface area contributed by atoms with Crippen LogP contribution in [0.4, 0.5) is 10.1 Å².